The second-order valence-electron chi connectivity index (χ2n) is 7.32. The minimum absolute atomic E-state index is 0.191. The fraction of sp³-hybridized carbons (Fsp3) is 0.333. The summed E-state index contributed by atoms with van der Waals surface area (Å²) in [5, 5.41) is 5.59. The summed E-state index contributed by atoms with van der Waals surface area (Å²) in [7, 11) is 1.61. The molecule has 0 saturated heterocycles. The molecule has 2 amide bonds. The predicted octanol–water partition coefficient (Wildman–Crippen LogP) is 4.53. The maximum Gasteiger partial charge on any atom is 0.413 e. The number of benzene rings is 2. The molecule has 0 aliphatic rings. The van der Waals surface area contributed by atoms with E-state index < -0.39 is 6.09 Å². The Hall–Kier alpha value is -3.02. The van der Waals surface area contributed by atoms with Crippen LogP contribution in [0.3, 0.4) is 0 Å². The first kappa shape index (κ1) is 20.3. The maximum atomic E-state index is 12.5. The lowest BCUT2D eigenvalue weighted by Gasteiger charge is -2.31. The quantitative estimate of drug-likeness (QED) is 0.811. The first-order chi connectivity index (χ1) is 12.7. The zero-order valence-corrected chi connectivity index (χ0v) is 16.3. The normalized spacial score (nSPS) is 12.0. The smallest absolute Gasteiger partial charge is 0.413 e. The second-order valence-corrected chi connectivity index (χ2v) is 7.32. The van der Waals surface area contributed by atoms with Gasteiger partial charge < -0.3 is 20.1 Å². The van der Waals surface area contributed by atoms with Crippen LogP contribution < -0.4 is 20.1 Å². The van der Waals surface area contributed by atoms with Gasteiger partial charge in [0, 0.05) is 18.7 Å². The van der Waals surface area contributed by atoms with Crippen LogP contribution >= 0.6 is 0 Å². The largest absolute Gasteiger partial charge is 0.497 e. The number of hydrogen-bond donors (Lipinski definition) is 2. The number of carbonyl (C=O) groups is 2. The predicted molar refractivity (Wildman–Crippen MR) is 105 cm³/mol. The molecule has 144 valence electrons. The number of amides is 2. The first-order valence-electron chi connectivity index (χ1n) is 8.69. The number of nitrogens with one attached hydrogen (secondary N) is 2. The Balaban J connectivity index is 2.13. The van der Waals surface area contributed by atoms with Gasteiger partial charge in [0.2, 0.25) is 5.91 Å². The van der Waals surface area contributed by atoms with E-state index in [2.05, 4.69) is 10.6 Å². The monoisotopic (exact) mass is 370 g/mol. The van der Waals surface area contributed by atoms with E-state index in [1.54, 1.807) is 31.4 Å². The lowest BCUT2D eigenvalue weighted by molar-refractivity contribution is -0.114. The lowest BCUT2D eigenvalue weighted by atomic mass is 9.82. The lowest BCUT2D eigenvalue weighted by Crippen LogP contribution is -2.38. The van der Waals surface area contributed by atoms with E-state index in [1.165, 1.54) is 6.92 Å². The highest BCUT2D eigenvalue weighted by Gasteiger charge is 2.28. The van der Waals surface area contributed by atoms with Crippen LogP contribution in [0.25, 0.3) is 0 Å². The molecular formula is C21H26N2O4. The Morgan fingerprint density at radius 3 is 2.22 bits per heavy atom. The van der Waals surface area contributed by atoms with Gasteiger partial charge >= 0.3 is 6.09 Å². The summed E-state index contributed by atoms with van der Waals surface area (Å²) in [4.78, 5) is 23.6. The fourth-order valence-electron chi connectivity index (χ4n) is 2.69. The molecule has 1 atom stereocenters. The van der Waals surface area contributed by atoms with Gasteiger partial charge in [0.15, 0.2) is 0 Å². The SMILES string of the molecule is COc1ccc(C(NC(=O)Oc2cccc(NC(C)=O)c2)C(C)(C)C)cc1. The van der Waals surface area contributed by atoms with Crippen LogP contribution in [0, 0.1) is 5.41 Å². The van der Waals surface area contributed by atoms with Gasteiger partial charge in [0.25, 0.3) is 0 Å². The van der Waals surface area contributed by atoms with Crippen LogP contribution in [0.2, 0.25) is 0 Å². The topological polar surface area (TPSA) is 76.7 Å². The van der Waals surface area contributed by atoms with Crippen LogP contribution in [-0.2, 0) is 4.79 Å². The van der Waals surface area contributed by atoms with Gasteiger partial charge in [0.05, 0.1) is 13.2 Å². The van der Waals surface area contributed by atoms with Crippen molar-refractivity contribution in [3.05, 3.63) is 54.1 Å². The molecule has 0 aliphatic carbocycles. The van der Waals surface area contributed by atoms with E-state index >= 15 is 0 Å². The molecule has 0 aliphatic heterocycles. The molecule has 2 aromatic rings. The van der Waals surface area contributed by atoms with Crippen molar-refractivity contribution in [2.45, 2.75) is 33.7 Å². The summed E-state index contributed by atoms with van der Waals surface area (Å²) in [5.41, 5.74) is 1.29. The van der Waals surface area contributed by atoms with Crippen LogP contribution in [0.4, 0.5) is 10.5 Å². The third-order valence-electron chi connectivity index (χ3n) is 3.94. The molecule has 27 heavy (non-hydrogen) atoms. The molecular weight excluding hydrogens is 344 g/mol. The van der Waals surface area contributed by atoms with Crippen molar-refractivity contribution in [2.24, 2.45) is 5.41 Å². The molecule has 6 heteroatoms. The van der Waals surface area contributed by atoms with Crippen molar-refractivity contribution in [1.29, 1.82) is 0 Å². The number of methoxy groups -OCH3 is 1. The van der Waals surface area contributed by atoms with E-state index in [-0.39, 0.29) is 17.4 Å². The van der Waals surface area contributed by atoms with E-state index in [0.717, 1.165) is 11.3 Å². The highest BCUT2D eigenvalue weighted by molar-refractivity contribution is 5.88. The summed E-state index contributed by atoms with van der Waals surface area (Å²) in [6.07, 6.45) is -0.564. The molecule has 0 fully saturated rings. The van der Waals surface area contributed by atoms with Crippen LogP contribution in [0.15, 0.2) is 48.5 Å². The first-order valence-corrected chi connectivity index (χ1v) is 8.69. The van der Waals surface area contributed by atoms with Gasteiger partial charge in [-0.2, -0.15) is 0 Å². The van der Waals surface area contributed by atoms with Crippen molar-refractivity contribution in [1.82, 2.24) is 5.32 Å². The van der Waals surface area contributed by atoms with Gasteiger partial charge in [-0.15, -0.1) is 0 Å². The van der Waals surface area contributed by atoms with Gasteiger partial charge in [0.1, 0.15) is 11.5 Å². The Bertz CT molecular complexity index is 795. The highest BCUT2D eigenvalue weighted by Crippen LogP contribution is 2.33. The number of anilines is 1. The van der Waals surface area contributed by atoms with Crippen LogP contribution in [-0.4, -0.2) is 19.1 Å². The molecule has 0 spiro atoms. The molecule has 2 N–H and O–H groups in total. The highest BCUT2D eigenvalue weighted by atomic mass is 16.6. The molecule has 0 aromatic heterocycles. The van der Waals surface area contributed by atoms with Gasteiger partial charge in [-0.3, -0.25) is 4.79 Å². The molecule has 6 nitrogen and oxygen atoms in total. The number of carbonyl (C=O) groups excluding carboxylic acids is 2. The Morgan fingerprint density at radius 2 is 1.67 bits per heavy atom. The second kappa shape index (κ2) is 8.58. The molecule has 2 aromatic carbocycles. The van der Waals surface area contributed by atoms with Crippen molar-refractivity contribution in [2.75, 3.05) is 12.4 Å². The summed E-state index contributed by atoms with van der Waals surface area (Å²) in [6, 6.07) is 14.0. The standard InChI is InChI=1S/C21H26N2O4/c1-14(24)22-16-7-6-8-18(13-16)27-20(25)23-19(21(2,3)4)15-9-11-17(26-5)12-10-15/h6-13,19H,1-5H3,(H,22,24)(H,23,25). The van der Waals surface area contributed by atoms with Gasteiger partial charge in [-0.25, -0.2) is 4.79 Å². The number of ether oxygens (including phenoxy) is 2. The zero-order valence-electron chi connectivity index (χ0n) is 16.3. The van der Waals surface area contributed by atoms with Crippen LogP contribution in [0.5, 0.6) is 11.5 Å². The van der Waals surface area contributed by atoms with E-state index in [1.807, 2.05) is 45.0 Å². The average molecular weight is 370 g/mol. The van der Waals surface area contributed by atoms with E-state index in [9.17, 15) is 9.59 Å². The van der Waals surface area contributed by atoms with Crippen molar-refractivity contribution >= 4 is 17.7 Å². The van der Waals surface area contributed by atoms with Crippen molar-refractivity contribution in [3.63, 3.8) is 0 Å². The van der Waals surface area contributed by atoms with Gasteiger partial charge in [-0.05, 0) is 35.2 Å². The third-order valence-corrected chi connectivity index (χ3v) is 3.94. The number of hydrogen-bond acceptors (Lipinski definition) is 4. The van der Waals surface area contributed by atoms with E-state index in [4.69, 9.17) is 9.47 Å². The van der Waals surface area contributed by atoms with Crippen molar-refractivity contribution in [3.8, 4) is 11.5 Å². The molecule has 0 radical (unpaired) electrons. The third kappa shape index (κ3) is 6.02. The average Bonchev–Trinajstić information content (AvgIpc) is 2.58. The Kier molecular flexibility index (Phi) is 6.45. The summed E-state index contributed by atoms with van der Waals surface area (Å²) < 4.78 is 10.6. The summed E-state index contributed by atoms with van der Waals surface area (Å²) in [6.45, 7) is 7.54. The minimum Gasteiger partial charge on any atom is -0.497 e. The summed E-state index contributed by atoms with van der Waals surface area (Å²) >= 11 is 0. The number of rotatable bonds is 5. The molecule has 1 unspecified atom stereocenters. The molecule has 0 bridgehead atoms. The molecule has 2 rings (SSSR count). The Labute approximate surface area is 159 Å². The van der Waals surface area contributed by atoms with Gasteiger partial charge in [-0.1, -0.05) is 39.0 Å². The fourth-order valence-corrected chi connectivity index (χ4v) is 2.69. The maximum absolute atomic E-state index is 12.5. The van der Waals surface area contributed by atoms with Crippen LogP contribution in [0.1, 0.15) is 39.3 Å². The van der Waals surface area contributed by atoms with Crippen molar-refractivity contribution < 1.29 is 19.1 Å². The Morgan fingerprint density at radius 1 is 1.00 bits per heavy atom. The zero-order chi connectivity index (χ0) is 20.0. The van der Waals surface area contributed by atoms with E-state index in [0.29, 0.717) is 11.4 Å². The molecule has 0 saturated carbocycles. The molecule has 0 heterocycles. The summed E-state index contributed by atoms with van der Waals surface area (Å²) in [5.74, 6) is 0.911. The minimum atomic E-state index is -0.564.